The Labute approximate surface area is 167 Å². The van der Waals surface area contributed by atoms with Gasteiger partial charge in [0.2, 0.25) is 5.91 Å². The largest absolute Gasteiger partial charge is 0.490 e. The van der Waals surface area contributed by atoms with Gasteiger partial charge in [0.05, 0.1) is 0 Å². The van der Waals surface area contributed by atoms with Crippen LogP contribution in [0, 0.1) is 0 Å². The maximum Gasteiger partial charge on any atom is 0.490 e. The summed E-state index contributed by atoms with van der Waals surface area (Å²) in [5.41, 5.74) is 12.2. The van der Waals surface area contributed by atoms with Crippen LogP contribution in [0.4, 0.5) is 26.3 Å². The normalized spacial score (nSPS) is 12.4. The van der Waals surface area contributed by atoms with Crippen molar-refractivity contribution in [3.63, 3.8) is 0 Å². The van der Waals surface area contributed by atoms with Crippen LogP contribution in [0.2, 0.25) is 0 Å². The SMILES string of the molecule is CC(C)(CC(N)CC(N)=O)c1ccccc1.O=C(O)C(F)(F)F.O=C(O)C(F)(F)F. The minimum absolute atomic E-state index is 0.0316. The number of carboxylic acids is 2. The first kappa shape index (κ1) is 29.4. The van der Waals surface area contributed by atoms with E-state index in [4.69, 9.17) is 31.3 Å². The lowest BCUT2D eigenvalue weighted by Crippen LogP contribution is -2.34. The van der Waals surface area contributed by atoms with Gasteiger partial charge in [-0.1, -0.05) is 44.2 Å². The second-order valence-corrected chi connectivity index (χ2v) is 6.49. The van der Waals surface area contributed by atoms with Crippen LogP contribution >= 0.6 is 0 Å². The molecule has 0 aromatic heterocycles. The smallest absolute Gasteiger partial charge is 0.475 e. The van der Waals surface area contributed by atoms with E-state index >= 15 is 0 Å². The van der Waals surface area contributed by atoms with Gasteiger partial charge >= 0.3 is 24.3 Å². The van der Waals surface area contributed by atoms with Crippen LogP contribution in [0.1, 0.15) is 32.3 Å². The molecule has 1 atom stereocenters. The van der Waals surface area contributed by atoms with Crippen LogP contribution in [0.25, 0.3) is 0 Å². The molecule has 1 unspecified atom stereocenters. The van der Waals surface area contributed by atoms with Gasteiger partial charge in [0.25, 0.3) is 0 Å². The predicted molar refractivity (Wildman–Crippen MR) is 93.3 cm³/mol. The van der Waals surface area contributed by atoms with Crippen molar-refractivity contribution < 1.29 is 50.9 Å². The highest BCUT2D eigenvalue weighted by Gasteiger charge is 2.38. The molecule has 0 fully saturated rings. The van der Waals surface area contributed by atoms with E-state index in [-0.39, 0.29) is 23.8 Å². The second kappa shape index (κ2) is 12.0. The number of carboxylic acid groups (broad SMARTS) is 2. The van der Waals surface area contributed by atoms with Crippen molar-refractivity contribution in [3.05, 3.63) is 35.9 Å². The van der Waals surface area contributed by atoms with Gasteiger partial charge in [-0.15, -0.1) is 0 Å². The van der Waals surface area contributed by atoms with Crippen LogP contribution in [0.5, 0.6) is 0 Å². The van der Waals surface area contributed by atoms with E-state index < -0.39 is 24.3 Å². The quantitative estimate of drug-likeness (QED) is 0.510. The fourth-order valence-corrected chi connectivity index (χ4v) is 1.99. The molecule has 1 amide bonds. The fourth-order valence-electron chi connectivity index (χ4n) is 1.99. The standard InChI is InChI=1S/C13H20N2O.2C2HF3O2/c1-13(2,9-11(14)8-12(15)16)10-6-4-3-5-7-10;2*3-2(4,5)1(6)7/h3-7,11H,8-9,14H2,1-2H3,(H2,15,16);2*(H,6,7). The third-order valence-corrected chi connectivity index (χ3v) is 3.28. The molecule has 0 spiro atoms. The van der Waals surface area contributed by atoms with E-state index in [2.05, 4.69) is 26.0 Å². The number of rotatable bonds is 5. The minimum atomic E-state index is -5.08. The third kappa shape index (κ3) is 14.2. The van der Waals surface area contributed by atoms with Gasteiger partial charge in [0.15, 0.2) is 0 Å². The predicted octanol–water partition coefficient (Wildman–Crippen LogP) is 2.82. The molecule has 7 nitrogen and oxygen atoms in total. The highest BCUT2D eigenvalue weighted by atomic mass is 19.4. The average molecular weight is 448 g/mol. The van der Waals surface area contributed by atoms with Gasteiger partial charge in [0.1, 0.15) is 0 Å². The Morgan fingerprint density at radius 3 is 1.50 bits per heavy atom. The zero-order valence-corrected chi connectivity index (χ0v) is 15.9. The van der Waals surface area contributed by atoms with Gasteiger partial charge < -0.3 is 21.7 Å². The van der Waals surface area contributed by atoms with E-state index in [1.165, 1.54) is 5.56 Å². The summed E-state index contributed by atoms with van der Waals surface area (Å²) in [7, 11) is 0. The Hall–Kier alpha value is -2.83. The van der Waals surface area contributed by atoms with Crippen molar-refractivity contribution >= 4 is 17.8 Å². The lowest BCUT2D eigenvalue weighted by atomic mass is 9.79. The molecule has 0 aliphatic rings. The summed E-state index contributed by atoms with van der Waals surface area (Å²) in [6.07, 6.45) is -9.17. The highest BCUT2D eigenvalue weighted by molar-refractivity contribution is 5.74. The molecule has 0 heterocycles. The molecule has 1 rings (SSSR count). The zero-order chi connectivity index (χ0) is 24.3. The molecule has 0 saturated heterocycles. The summed E-state index contributed by atoms with van der Waals surface area (Å²) < 4.78 is 63.5. The monoisotopic (exact) mass is 448 g/mol. The Morgan fingerprint density at radius 2 is 1.23 bits per heavy atom. The Balaban J connectivity index is 0. The van der Waals surface area contributed by atoms with Crippen molar-refractivity contribution in [2.24, 2.45) is 11.5 Å². The number of carbonyl (C=O) groups is 3. The number of amides is 1. The molecule has 1 aromatic rings. The average Bonchev–Trinajstić information content (AvgIpc) is 2.53. The second-order valence-electron chi connectivity index (χ2n) is 6.49. The Kier molecular flexibility index (Phi) is 11.7. The van der Waals surface area contributed by atoms with E-state index in [0.717, 1.165) is 6.42 Å². The summed E-state index contributed by atoms with van der Waals surface area (Å²) in [6.45, 7) is 4.26. The molecule has 1 aromatic carbocycles. The molecule has 0 aliphatic carbocycles. The number of primary amides is 1. The first-order valence-electron chi connectivity index (χ1n) is 8.00. The number of halogens is 6. The molecule has 0 radical (unpaired) electrons. The number of nitrogens with two attached hydrogens (primary N) is 2. The van der Waals surface area contributed by atoms with Crippen molar-refractivity contribution in [1.29, 1.82) is 0 Å². The fraction of sp³-hybridized carbons (Fsp3) is 0.471. The van der Waals surface area contributed by atoms with E-state index in [9.17, 15) is 31.1 Å². The summed E-state index contributed by atoms with van der Waals surface area (Å²) in [4.78, 5) is 28.6. The summed E-state index contributed by atoms with van der Waals surface area (Å²) in [5.74, 6) is -5.85. The van der Waals surface area contributed by atoms with Gasteiger partial charge in [-0.05, 0) is 17.4 Å². The van der Waals surface area contributed by atoms with Gasteiger partial charge in [-0.3, -0.25) is 4.79 Å². The molecule has 172 valence electrons. The maximum absolute atomic E-state index is 10.8. The summed E-state index contributed by atoms with van der Waals surface area (Å²) in [5, 5.41) is 14.2. The van der Waals surface area contributed by atoms with Crippen LogP contribution in [0.15, 0.2) is 30.3 Å². The number of carbonyl (C=O) groups excluding carboxylic acids is 1. The van der Waals surface area contributed by atoms with Crippen molar-refractivity contribution in [1.82, 2.24) is 0 Å². The van der Waals surface area contributed by atoms with Crippen LogP contribution in [0.3, 0.4) is 0 Å². The van der Waals surface area contributed by atoms with Gasteiger partial charge in [-0.25, -0.2) is 9.59 Å². The van der Waals surface area contributed by atoms with E-state index in [0.29, 0.717) is 0 Å². The number of hydrogen-bond acceptors (Lipinski definition) is 4. The van der Waals surface area contributed by atoms with Crippen LogP contribution in [-0.4, -0.2) is 46.5 Å². The first-order chi connectivity index (χ1) is 13.3. The van der Waals surface area contributed by atoms with Crippen molar-refractivity contribution in [3.8, 4) is 0 Å². The van der Waals surface area contributed by atoms with Crippen LogP contribution < -0.4 is 11.5 Å². The lowest BCUT2D eigenvalue weighted by Gasteiger charge is -2.28. The summed E-state index contributed by atoms with van der Waals surface area (Å²) >= 11 is 0. The zero-order valence-electron chi connectivity index (χ0n) is 15.9. The Bertz CT molecular complexity index is 666. The molecule has 0 aliphatic heterocycles. The minimum Gasteiger partial charge on any atom is -0.475 e. The number of benzene rings is 1. The highest BCUT2D eigenvalue weighted by Crippen LogP contribution is 2.28. The van der Waals surface area contributed by atoms with Crippen molar-refractivity contribution in [2.75, 3.05) is 0 Å². The molecule has 13 heteroatoms. The first-order valence-corrected chi connectivity index (χ1v) is 8.00. The van der Waals surface area contributed by atoms with Crippen LogP contribution in [-0.2, 0) is 19.8 Å². The molecule has 6 N–H and O–H groups in total. The number of hydrogen-bond donors (Lipinski definition) is 4. The summed E-state index contributed by atoms with van der Waals surface area (Å²) in [6, 6.07) is 10.00. The lowest BCUT2D eigenvalue weighted by molar-refractivity contribution is -0.193. The van der Waals surface area contributed by atoms with Gasteiger partial charge in [0, 0.05) is 12.5 Å². The Morgan fingerprint density at radius 1 is 0.900 bits per heavy atom. The third-order valence-electron chi connectivity index (χ3n) is 3.28. The topological polar surface area (TPSA) is 144 Å². The maximum atomic E-state index is 10.8. The molecular weight excluding hydrogens is 426 g/mol. The van der Waals surface area contributed by atoms with Crippen molar-refractivity contribution in [2.45, 2.75) is 50.5 Å². The number of aliphatic carboxylic acids is 2. The van der Waals surface area contributed by atoms with Gasteiger partial charge in [-0.2, -0.15) is 26.3 Å². The molecule has 30 heavy (non-hydrogen) atoms. The van der Waals surface area contributed by atoms with E-state index in [1.54, 1.807) is 0 Å². The van der Waals surface area contributed by atoms with E-state index in [1.807, 2.05) is 18.2 Å². The molecule has 0 bridgehead atoms. The number of alkyl halides is 6. The molecule has 0 saturated carbocycles. The molecular formula is C17H22F6N2O5.